The van der Waals surface area contributed by atoms with Gasteiger partial charge in [0.25, 0.3) is 0 Å². The number of benzene rings is 1. The van der Waals surface area contributed by atoms with Crippen molar-refractivity contribution in [3.8, 4) is 0 Å². The van der Waals surface area contributed by atoms with Gasteiger partial charge in [0.2, 0.25) is 5.76 Å². The Morgan fingerprint density at radius 3 is 2.65 bits per heavy atom. The number of hydrogen-bond donors (Lipinski definition) is 1. The van der Waals surface area contributed by atoms with Crippen LogP contribution < -0.4 is 0 Å². The summed E-state index contributed by atoms with van der Waals surface area (Å²) in [6.45, 7) is 4.33. The van der Waals surface area contributed by atoms with E-state index in [1.54, 1.807) is 13.8 Å². The lowest BCUT2D eigenvalue weighted by atomic mass is 10.1. The second-order valence-corrected chi connectivity index (χ2v) is 6.59. The second kappa shape index (κ2) is 8.07. The number of rotatable bonds is 8. The molecule has 26 heavy (non-hydrogen) atoms. The Kier molecular flexibility index (Phi) is 5.80. The maximum atomic E-state index is 12.3. The number of cyclic esters (lactones) is 1. The molecule has 2 aliphatic rings. The number of aliphatic hydroxyl groups excluding tert-OH is 1. The zero-order valence-electron chi connectivity index (χ0n) is 15.0. The highest BCUT2D eigenvalue weighted by molar-refractivity contribution is 5.89. The number of aliphatic hydroxyl groups is 1. The van der Waals surface area contributed by atoms with Crippen molar-refractivity contribution < 1.29 is 33.6 Å². The maximum Gasteiger partial charge on any atom is 0.378 e. The molecule has 0 bridgehead atoms. The van der Waals surface area contributed by atoms with E-state index in [-0.39, 0.29) is 32.2 Å². The molecular formula is C19H24O7. The number of esters is 1. The molecule has 0 aromatic heterocycles. The van der Waals surface area contributed by atoms with E-state index >= 15 is 0 Å². The van der Waals surface area contributed by atoms with Crippen molar-refractivity contribution in [3.63, 3.8) is 0 Å². The van der Waals surface area contributed by atoms with Crippen LogP contribution in [0.25, 0.3) is 0 Å². The van der Waals surface area contributed by atoms with Gasteiger partial charge >= 0.3 is 5.97 Å². The Morgan fingerprint density at radius 1 is 1.23 bits per heavy atom. The highest BCUT2D eigenvalue weighted by Gasteiger charge is 2.48. The zero-order valence-corrected chi connectivity index (χ0v) is 15.0. The molecule has 0 radical (unpaired) electrons. The van der Waals surface area contributed by atoms with Gasteiger partial charge in [0.15, 0.2) is 17.7 Å². The molecule has 0 saturated carbocycles. The summed E-state index contributed by atoms with van der Waals surface area (Å²) in [6.07, 6.45) is -0.792. The Balaban J connectivity index is 1.77. The van der Waals surface area contributed by atoms with Crippen LogP contribution in [0.4, 0.5) is 0 Å². The molecule has 0 spiro atoms. The first-order chi connectivity index (χ1) is 12.5. The Labute approximate surface area is 152 Å². The molecule has 142 valence electrons. The topological polar surface area (TPSA) is 83.5 Å². The van der Waals surface area contributed by atoms with Gasteiger partial charge in [-0.05, 0) is 19.4 Å². The summed E-state index contributed by atoms with van der Waals surface area (Å²) in [6, 6.07) is 9.60. The summed E-state index contributed by atoms with van der Waals surface area (Å²) in [5, 5.41) is 8.93. The molecule has 0 amide bonds. The van der Waals surface area contributed by atoms with Crippen molar-refractivity contribution in [2.45, 2.75) is 44.9 Å². The average molecular weight is 364 g/mol. The summed E-state index contributed by atoms with van der Waals surface area (Å²) < 4.78 is 28.3. The van der Waals surface area contributed by atoms with Crippen LogP contribution in [0, 0.1) is 0 Å². The van der Waals surface area contributed by atoms with Crippen molar-refractivity contribution in [1.29, 1.82) is 0 Å². The van der Waals surface area contributed by atoms with Gasteiger partial charge in [-0.1, -0.05) is 30.3 Å². The average Bonchev–Trinajstić information content (AvgIpc) is 3.14. The maximum absolute atomic E-state index is 12.3. The quantitative estimate of drug-likeness (QED) is 0.557. The lowest BCUT2D eigenvalue weighted by molar-refractivity contribution is -0.164. The third kappa shape index (κ3) is 4.35. The van der Waals surface area contributed by atoms with Crippen LogP contribution in [0.3, 0.4) is 0 Å². The fourth-order valence-electron chi connectivity index (χ4n) is 2.81. The molecule has 1 fully saturated rings. The largest absolute Gasteiger partial charge is 0.485 e. The molecular weight excluding hydrogens is 340 g/mol. The van der Waals surface area contributed by atoms with E-state index in [0.29, 0.717) is 12.2 Å². The molecule has 3 rings (SSSR count). The predicted molar refractivity (Wildman–Crippen MR) is 90.7 cm³/mol. The van der Waals surface area contributed by atoms with Gasteiger partial charge in [0.1, 0.15) is 12.7 Å². The van der Waals surface area contributed by atoms with Crippen molar-refractivity contribution in [3.05, 3.63) is 47.4 Å². The first-order valence-corrected chi connectivity index (χ1v) is 8.67. The predicted octanol–water partition coefficient (Wildman–Crippen LogP) is 1.89. The molecule has 1 aromatic rings. The highest BCUT2D eigenvalue weighted by Crippen LogP contribution is 2.34. The molecule has 7 heteroatoms. The SMILES string of the molecule is CC1(C)OCC(C2OC(=O)C(OCCCO)=C2OCc2ccccc2)O1. The first-order valence-electron chi connectivity index (χ1n) is 8.67. The van der Waals surface area contributed by atoms with E-state index in [4.69, 9.17) is 28.8 Å². The van der Waals surface area contributed by atoms with Gasteiger partial charge in [-0.3, -0.25) is 0 Å². The van der Waals surface area contributed by atoms with E-state index in [2.05, 4.69) is 0 Å². The number of carbonyl (C=O) groups is 1. The van der Waals surface area contributed by atoms with Crippen molar-refractivity contribution >= 4 is 5.97 Å². The van der Waals surface area contributed by atoms with Crippen molar-refractivity contribution in [1.82, 2.24) is 0 Å². The van der Waals surface area contributed by atoms with Crippen LogP contribution in [-0.2, 0) is 35.1 Å². The molecule has 2 aliphatic heterocycles. The van der Waals surface area contributed by atoms with Crippen LogP contribution in [-0.4, -0.2) is 48.9 Å². The summed E-state index contributed by atoms with van der Waals surface area (Å²) in [7, 11) is 0. The van der Waals surface area contributed by atoms with E-state index in [1.165, 1.54) is 0 Å². The van der Waals surface area contributed by atoms with Crippen LogP contribution in [0.2, 0.25) is 0 Å². The molecule has 2 atom stereocenters. The molecule has 1 N–H and O–H groups in total. The third-order valence-electron chi connectivity index (χ3n) is 4.06. The summed E-state index contributed by atoms with van der Waals surface area (Å²) in [5.74, 6) is -0.998. The summed E-state index contributed by atoms with van der Waals surface area (Å²) in [5.41, 5.74) is 0.955. The lowest BCUT2D eigenvalue weighted by Gasteiger charge is -2.22. The van der Waals surface area contributed by atoms with Gasteiger partial charge in [-0.25, -0.2) is 4.79 Å². The smallest absolute Gasteiger partial charge is 0.378 e. The van der Waals surface area contributed by atoms with Gasteiger partial charge in [-0.2, -0.15) is 0 Å². The zero-order chi connectivity index (χ0) is 18.6. The van der Waals surface area contributed by atoms with Crippen LogP contribution in [0.5, 0.6) is 0 Å². The highest BCUT2D eigenvalue weighted by atomic mass is 16.8. The van der Waals surface area contributed by atoms with Gasteiger partial charge < -0.3 is 28.8 Å². The third-order valence-corrected chi connectivity index (χ3v) is 4.06. The molecule has 0 aliphatic carbocycles. The molecule has 7 nitrogen and oxygen atoms in total. The lowest BCUT2D eigenvalue weighted by Crippen LogP contribution is -2.33. The minimum atomic E-state index is -0.748. The van der Waals surface area contributed by atoms with Crippen LogP contribution in [0.15, 0.2) is 41.9 Å². The Hall–Kier alpha value is -2.09. The second-order valence-electron chi connectivity index (χ2n) is 6.59. The van der Waals surface area contributed by atoms with E-state index < -0.39 is 24.0 Å². The van der Waals surface area contributed by atoms with Gasteiger partial charge in [-0.15, -0.1) is 0 Å². The standard InChI is InChI=1S/C19H24O7/c1-19(2)24-12-14(26-19)15-16(23-11-13-7-4-3-5-8-13)17(18(21)25-15)22-10-6-9-20/h3-5,7-8,14-15,20H,6,9-12H2,1-2H3. The number of hydrogen-bond acceptors (Lipinski definition) is 7. The van der Waals surface area contributed by atoms with Crippen LogP contribution in [0.1, 0.15) is 25.8 Å². The Bertz CT molecular complexity index is 653. The van der Waals surface area contributed by atoms with Gasteiger partial charge in [0, 0.05) is 13.0 Å². The fourth-order valence-corrected chi connectivity index (χ4v) is 2.81. The molecule has 2 unspecified atom stereocenters. The summed E-state index contributed by atoms with van der Waals surface area (Å²) in [4.78, 5) is 12.3. The molecule has 1 saturated heterocycles. The monoisotopic (exact) mass is 364 g/mol. The summed E-state index contributed by atoms with van der Waals surface area (Å²) >= 11 is 0. The van der Waals surface area contributed by atoms with Gasteiger partial charge in [0.05, 0.1) is 13.2 Å². The number of carbonyl (C=O) groups excluding carboxylic acids is 1. The molecule has 2 heterocycles. The Morgan fingerprint density at radius 2 is 2.00 bits per heavy atom. The minimum absolute atomic E-state index is 0.0280. The van der Waals surface area contributed by atoms with Crippen molar-refractivity contribution in [2.24, 2.45) is 0 Å². The van der Waals surface area contributed by atoms with E-state index in [9.17, 15) is 4.79 Å². The van der Waals surface area contributed by atoms with E-state index in [1.807, 2.05) is 30.3 Å². The minimum Gasteiger partial charge on any atom is -0.485 e. The first kappa shape index (κ1) is 18.7. The molecule has 1 aromatic carbocycles. The van der Waals surface area contributed by atoms with Crippen LogP contribution >= 0.6 is 0 Å². The number of ether oxygens (including phenoxy) is 5. The van der Waals surface area contributed by atoms with Crippen molar-refractivity contribution in [2.75, 3.05) is 19.8 Å². The van der Waals surface area contributed by atoms with E-state index in [0.717, 1.165) is 5.56 Å². The normalized spacial score (nSPS) is 24.7. The fraction of sp³-hybridized carbons (Fsp3) is 0.526.